The number of hydrogen-bond donors (Lipinski definition) is 0. The summed E-state index contributed by atoms with van der Waals surface area (Å²) < 4.78 is 39.9. The first kappa shape index (κ1) is 16.9. The van der Waals surface area contributed by atoms with Crippen LogP contribution >= 0.6 is 0 Å². The molecule has 2 heterocycles. The SMILES string of the molecule is FC(F)(F)c1ccccc1N=C1C=C(c2ccccc2)C[C@@H]2CCCN12. The molecule has 2 aromatic rings. The lowest BCUT2D eigenvalue weighted by Gasteiger charge is -2.32. The lowest BCUT2D eigenvalue weighted by Crippen LogP contribution is -2.37. The average Bonchev–Trinajstić information content (AvgIpc) is 3.11. The van der Waals surface area contributed by atoms with Gasteiger partial charge in [0, 0.05) is 12.6 Å². The van der Waals surface area contributed by atoms with E-state index in [0.29, 0.717) is 11.9 Å². The molecule has 0 saturated carbocycles. The maximum absolute atomic E-state index is 13.3. The molecule has 0 bridgehead atoms. The predicted molar refractivity (Wildman–Crippen MR) is 97.3 cm³/mol. The average molecular weight is 356 g/mol. The van der Waals surface area contributed by atoms with E-state index in [4.69, 9.17) is 0 Å². The van der Waals surface area contributed by atoms with Crippen molar-refractivity contribution >= 4 is 17.1 Å². The van der Waals surface area contributed by atoms with Gasteiger partial charge < -0.3 is 4.90 Å². The van der Waals surface area contributed by atoms with Crippen molar-refractivity contribution in [2.45, 2.75) is 31.5 Å². The summed E-state index contributed by atoms with van der Waals surface area (Å²) in [5, 5.41) is 0. The van der Waals surface area contributed by atoms with Crippen LogP contribution in [0.4, 0.5) is 18.9 Å². The molecule has 0 spiro atoms. The monoisotopic (exact) mass is 356 g/mol. The van der Waals surface area contributed by atoms with Gasteiger partial charge in [-0.1, -0.05) is 42.5 Å². The van der Waals surface area contributed by atoms with Crippen LogP contribution in [0, 0.1) is 0 Å². The van der Waals surface area contributed by atoms with Crippen LogP contribution in [-0.2, 0) is 6.18 Å². The van der Waals surface area contributed by atoms with Gasteiger partial charge in [0.15, 0.2) is 0 Å². The van der Waals surface area contributed by atoms with Crippen LogP contribution in [0.15, 0.2) is 65.7 Å². The van der Waals surface area contributed by atoms with Crippen molar-refractivity contribution in [1.29, 1.82) is 0 Å². The molecule has 26 heavy (non-hydrogen) atoms. The summed E-state index contributed by atoms with van der Waals surface area (Å²) in [6.07, 6.45) is 0.532. The van der Waals surface area contributed by atoms with Gasteiger partial charge in [0.25, 0.3) is 0 Å². The number of halogens is 3. The lowest BCUT2D eigenvalue weighted by atomic mass is 9.94. The van der Waals surface area contributed by atoms with Crippen LogP contribution in [0.5, 0.6) is 0 Å². The number of amidine groups is 1. The van der Waals surface area contributed by atoms with Crippen LogP contribution in [0.2, 0.25) is 0 Å². The smallest absolute Gasteiger partial charge is 0.353 e. The van der Waals surface area contributed by atoms with E-state index in [1.165, 1.54) is 12.1 Å². The van der Waals surface area contributed by atoms with E-state index in [-0.39, 0.29) is 5.69 Å². The van der Waals surface area contributed by atoms with Gasteiger partial charge in [-0.15, -0.1) is 0 Å². The number of para-hydroxylation sites is 1. The van der Waals surface area contributed by atoms with E-state index < -0.39 is 11.7 Å². The highest BCUT2D eigenvalue weighted by Gasteiger charge is 2.35. The fourth-order valence-electron chi connectivity index (χ4n) is 3.79. The number of rotatable bonds is 2. The summed E-state index contributed by atoms with van der Waals surface area (Å²) in [5.41, 5.74) is 1.53. The molecule has 4 rings (SSSR count). The molecular formula is C21H19F3N2. The highest BCUT2D eigenvalue weighted by atomic mass is 19.4. The Morgan fingerprint density at radius 2 is 1.69 bits per heavy atom. The molecule has 1 saturated heterocycles. The lowest BCUT2D eigenvalue weighted by molar-refractivity contribution is -0.137. The summed E-state index contributed by atoms with van der Waals surface area (Å²) in [5.74, 6) is 0.634. The van der Waals surface area contributed by atoms with E-state index in [9.17, 15) is 13.2 Å². The number of alkyl halides is 3. The van der Waals surface area contributed by atoms with Crippen molar-refractivity contribution in [3.63, 3.8) is 0 Å². The van der Waals surface area contributed by atoms with Gasteiger partial charge in [-0.2, -0.15) is 13.2 Å². The van der Waals surface area contributed by atoms with Gasteiger partial charge >= 0.3 is 6.18 Å². The van der Waals surface area contributed by atoms with E-state index in [1.807, 2.05) is 36.4 Å². The molecule has 0 unspecified atom stereocenters. The Morgan fingerprint density at radius 3 is 2.46 bits per heavy atom. The van der Waals surface area contributed by atoms with Gasteiger partial charge in [0.1, 0.15) is 5.84 Å². The number of aliphatic imine (C=N–C) groups is 1. The Balaban J connectivity index is 1.80. The highest BCUT2D eigenvalue weighted by molar-refractivity contribution is 6.02. The first-order chi connectivity index (χ1) is 12.5. The number of fused-ring (bicyclic) bond motifs is 1. The summed E-state index contributed by atoms with van der Waals surface area (Å²) >= 11 is 0. The first-order valence-electron chi connectivity index (χ1n) is 8.80. The number of hydrogen-bond acceptors (Lipinski definition) is 1. The maximum atomic E-state index is 13.3. The van der Waals surface area contributed by atoms with Crippen LogP contribution in [-0.4, -0.2) is 23.3 Å². The van der Waals surface area contributed by atoms with Crippen molar-refractivity contribution in [2.24, 2.45) is 4.99 Å². The van der Waals surface area contributed by atoms with Crippen LogP contribution < -0.4 is 0 Å². The molecule has 2 aliphatic rings. The van der Waals surface area contributed by atoms with Crippen LogP contribution in [0.25, 0.3) is 5.57 Å². The molecule has 1 atom stereocenters. The highest BCUT2D eigenvalue weighted by Crippen LogP contribution is 2.38. The third-order valence-electron chi connectivity index (χ3n) is 5.02. The summed E-state index contributed by atoms with van der Waals surface area (Å²) in [4.78, 5) is 6.60. The molecule has 2 nitrogen and oxygen atoms in total. The number of benzene rings is 2. The van der Waals surface area contributed by atoms with Gasteiger partial charge in [0.2, 0.25) is 0 Å². The molecule has 1 fully saturated rings. The minimum absolute atomic E-state index is 0.0220. The Labute approximate surface area is 150 Å². The van der Waals surface area contributed by atoms with Gasteiger partial charge in [-0.25, -0.2) is 4.99 Å². The zero-order chi connectivity index (χ0) is 18.1. The molecule has 0 amide bonds. The molecule has 5 heteroatoms. The van der Waals surface area contributed by atoms with E-state index in [2.05, 4.69) is 9.89 Å². The minimum Gasteiger partial charge on any atom is -0.353 e. The standard InChI is InChI=1S/C21H19F3N2/c22-21(23,24)18-10-4-5-11-19(18)25-20-14-16(15-7-2-1-3-8-15)13-17-9-6-12-26(17)20/h1-5,7-8,10-11,14,17H,6,9,12-13H2/t17-/m0/s1. The number of nitrogens with zero attached hydrogens (tertiary/aromatic N) is 2. The van der Waals surface area contributed by atoms with E-state index in [0.717, 1.165) is 43.0 Å². The fraction of sp³-hybridized carbons (Fsp3) is 0.286. The zero-order valence-electron chi connectivity index (χ0n) is 14.2. The molecule has 134 valence electrons. The van der Waals surface area contributed by atoms with Gasteiger partial charge in [0.05, 0.1) is 11.3 Å². The van der Waals surface area contributed by atoms with Crippen LogP contribution in [0.3, 0.4) is 0 Å². The maximum Gasteiger partial charge on any atom is 0.418 e. The quantitative estimate of drug-likeness (QED) is 0.675. The van der Waals surface area contributed by atoms with Crippen molar-refractivity contribution in [2.75, 3.05) is 6.54 Å². The van der Waals surface area contributed by atoms with Crippen LogP contribution in [0.1, 0.15) is 30.4 Å². The Morgan fingerprint density at radius 1 is 0.962 bits per heavy atom. The van der Waals surface area contributed by atoms with Crippen molar-refractivity contribution in [3.05, 3.63) is 71.8 Å². The van der Waals surface area contributed by atoms with Gasteiger partial charge in [-0.05, 0) is 48.6 Å². The molecule has 2 aromatic carbocycles. The van der Waals surface area contributed by atoms with Gasteiger partial charge in [-0.3, -0.25) is 0 Å². The Bertz CT molecular complexity index is 853. The van der Waals surface area contributed by atoms with Crippen molar-refractivity contribution < 1.29 is 13.2 Å². The topological polar surface area (TPSA) is 15.6 Å². The van der Waals surface area contributed by atoms with E-state index in [1.54, 1.807) is 6.07 Å². The third-order valence-corrected chi connectivity index (χ3v) is 5.02. The molecular weight excluding hydrogens is 337 g/mol. The Kier molecular flexibility index (Phi) is 4.31. The second-order valence-corrected chi connectivity index (χ2v) is 6.71. The molecule has 0 radical (unpaired) electrons. The second kappa shape index (κ2) is 6.63. The Hall–Kier alpha value is -2.56. The van der Waals surface area contributed by atoms with Crippen molar-refractivity contribution in [1.82, 2.24) is 4.90 Å². The molecule has 0 aromatic heterocycles. The van der Waals surface area contributed by atoms with Crippen molar-refractivity contribution in [3.8, 4) is 0 Å². The minimum atomic E-state index is -4.41. The normalized spacial score (nSPS) is 21.7. The molecule has 0 aliphatic carbocycles. The largest absolute Gasteiger partial charge is 0.418 e. The summed E-state index contributed by atoms with van der Waals surface area (Å²) in [6.45, 7) is 0.844. The zero-order valence-corrected chi connectivity index (χ0v) is 14.2. The fourth-order valence-corrected chi connectivity index (χ4v) is 3.79. The molecule has 0 N–H and O–H groups in total. The summed E-state index contributed by atoms with van der Waals surface area (Å²) in [7, 11) is 0. The summed E-state index contributed by atoms with van der Waals surface area (Å²) in [6, 6.07) is 15.8. The van der Waals surface area contributed by atoms with E-state index >= 15 is 0 Å². The third kappa shape index (κ3) is 3.26. The molecule has 2 aliphatic heterocycles. The first-order valence-corrected chi connectivity index (χ1v) is 8.80. The second-order valence-electron chi connectivity index (χ2n) is 6.71. The predicted octanol–water partition coefficient (Wildman–Crippen LogP) is 5.69.